The minimum Gasteiger partial charge on any atom is -0.493 e. The van der Waals surface area contributed by atoms with E-state index in [9.17, 15) is 13.2 Å². The first-order chi connectivity index (χ1) is 15.3. The van der Waals surface area contributed by atoms with E-state index in [0.717, 1.165) is 0 Å². The Morgan fingerprint density at radius 1 is 0.938 bits per heavy atom. The van der Waals surface area contributed by atoms with Gasteiger partial charge in [0.05, 0.1) is 20.4 Å². The number of hydrazone groups is 1. The molecule has 0 spiro atoms. The molecule has 0 radical (unpaired) electrons. The largest absolute Gasteiger partial charge is 0.493 e. The Bertz CT molecular complexity index is 1230. The molecule has 0 unspecified atom stereocenters. The molecule has 3 aromatic carbocycles. The van der Waals surface area contributed by atoms with Crippen LogP contribution in [0.5, 0.6) is 17.2 Å². The molecule has 0 bridgehead atoms. The number of benzene rings is 3. The van der Waals surface area contributed by atoms with Gasteiger partial charge in [0, 0.05) is 10.6 Å². The number of amides is 1. The summed E-state index contributed by atoms with van der Waals surface area (Å²) in [5.41, 5.74) is 3.37. The second-order valence-corrected chi connectivity index (χ2v) is 8.31. The number of carbonyl (C=O) groups is 1. The van der Waals surface area contributed by atoms with Crippen molar-refractivity contribution in [2.45, 2.75) is 4.90 Å². The zero-order chi connectivity index (χ0) is 23.1. The topological polar surface area (TPSA) is 103 Å². The number of nitrogens with one attached hydrogen (secondary N) is 1. The molecule has 0 atom stereocenters. The summed E-state index contributed by atoms with van der Waals surface area (Å²) in [6, 6.07) is 16.5. The van der Waals surface area contributed by atoms with Gasteiger partial charge in [0.15, 0.2) is 11.5 Å². The van der Waals surface area contributed by atoms with Crippen LogP contribution in [0.2, 0.25) is 5.02 Å². The molecule has 0 saturated carbocycles. The van der Waals surface area contributed by atoms with Crippen LogP contribution in [0, 0.1) is 0 Å². The SMILES string of the molecule is COc1ccc(C(=O)N/N=C/c2ccc(OS(=O)(=O)c3ccc(Cl)cc3)cc2)cc1OC. The maximum absolute atomic E-state index is 12.3. The number of halogens is 1. The Morgan fingerprint density at radius 2 is 1.59 bits per heavy atom. The Labute approximate surface area is 190 Å². The van der Waals surface area contributed by atoms with E-state index >= 15 is 0 Å². The molecular formula is C22H19ClN2O6S. The minimum atomic E-state index is -3.98. The van der Waals surface area contributed by atoms with Gasteiger partial charge in [0.2, 0.25) is 0 Å². The van der Waals surface area contributed by atoms with Gasteiger partial charge in [0.25, 0.3) is 5.91 Å². The zero-order valence-corrected chi connectivity index (χ0v) is 18.7. The molecule has 0 aliphatic carbocycles. The van der Waals surface area contributed by atoms with E-state index in [2.05, 4.69) is 10.5 Å². The lowest BCUT2D eigenvalue weighted by Gasteiger charge is -2.08. The second kappa shape index (κ2) is 10.2. The first-order valence-electron chi connectivity index (χ1n) is 9.18. The van der Waals surface area contributed by atoms with Gasteiger partial charge in [-0.3, -0.25) is 4.79 Å². The van der Waals surface area contributed by atoms with Crippen LogP contribution < -0.4 is 19.1 Å². The van der Waals surface area contributed by atoms with Gasteiger partial charge in [-0.2, -0.15) is 13.5 Å². The van der Waals surface area contributed by atoms with Crippen molar-refractivity contribution in [2.24, 2.45) is 5.10 Å². The van der Waals surface area contributed by atoms with E-state index in [-0.39, 0.29) is 10.6 Å². The highest BCUT2D eigenvalue weighted by Crippen LogP contribution is 2.27. The molecule has 166 valence electrons. The lowest BCUT2D eigenvalue weighted by Crippen LogP contribution is -2.17. The monoisotopic (exact) mass is 474 g/mol. The van der Waals surface area contributed by atoms with Crippen LogP contribution in [0.3, 0.4) is 0 Å². The second-order valence-electron chi connectivity index (χ2n) is 6.33. The quantitative estimate of drug-likeness (QED) is 0.302. The number of hydrogen-bond acceptors (Lipinski definition) is 7. The fourth-order valence-corrected chi connectivity index (χ4v) is 3.65. The van der Waals surface area contributed by atoms with Crippen molar-refractivity contribution in [3.05, 3.63) is 82.9 Å². The molecule has 10 heteroatoms. The van der Waals surface area contributed by atoms with Crippen LogP contribution in [-0.2, 0) is 10.1 Å². The molecule has 32 heavy (non-hydrogen) atoms. The van der Waals surface area contributed by atoms with Crippen LogP contribution in [0.4, 0.5) is 0 Å². The molecular weight excluding hydrogens is 456 g/mol. The predicted molar refractivity (Wildman–Crippen MR) is 120 cm³/mol. The number of methoxy groups -OCH3 is 2. The summed E-state index contributed by atoms with van der Waals surface area (Å²) in [5, 5.41) is 4.33. The lowest BCUT2D eigenvalue weighted by atomic mass is 10.2. The fraction of sp³-hybridized carbons (Fsp3) is 0.0909. The van der Waals surface area contributed by atoms with Gasteiger partial charge in [-0.1, -0.05) is 11.6 Å². The third-order valence-electron chi connectivity index (χ3n) is 4.21. The lowest BCUT2D eigenvalue weighted by molar-refractivity contribution is 0.0954. The smallest absolute Gasteiger partial charge is 0.339 e. The van der Waals surface area contributed by atoms with Crippen LogP contribution in [0.1, 0.15) is 15.9 Å². The van der Waals surface area contributed by atoms with Crippen LogP contribution >= 0.6 is 11.6 Å². The van der Waals surface area contributed by atoms with E-state index in [1.54, 1.807) is 24.3 Å². The summed E-state index contributed by atoms with van der Waals surface area (Å²) in [6.45, 7) is 0. The van der Waals surface area contributed by atoms with Crippen LogP contribution in [-0.4, -0.2) is 34.8 Å². The average Bonchev–Trinajstić information content (AvgIpc) is 2.79. The molecule has 3 rings (SSSR count). The summed E-state index contributed by atoms with van der Waals surface area (Å²) in [4.78, 5) is 12.2. The number of hydrogen-bond donors (Lipinski definition) is 1. The van der Waals surface area contributed by atoms with Gasteiger partial charge in [-0.25, -0.2) is 5.43 Å². The average molecular weight is 475 g/mol. The Morgan fingerprint density at radius 3 is 2.22 bits per heavy atom. The van der Waals surface area contributed by atoms with Gasteiger partial charge < -0.3 is 13.7 Å². The van der Waals surface area contributed by atoms with Crippen molar-refractivity contribution in [3.8, 4) is 17.2 Å². The summed E-state index contributed by atoms with van der Waals surface area (Å²) < 4.78 is 40.1. The van der Waals surface area contributed by atoms with Crippen LogP contribution in [0.15, 0.2) is 76.7 Å². The maximum atomic E-state index is 12.3. The van der Waals surface area contributed by atoms with Gasteiger partial charge in [-0.15, -0.1) is 0 Å². The van der Waals surface area contributed by atoms with E-state index < -0.39 is 16.0 Å². The van der Waals surface area contributed by atoms with Crippen molar-refractivity contribution in [2.75, 3.05) is 14.2 Å². The Kier molecular flexibility index (Phi) is 7.34. The van der Waals surface area contributed by atoms with E-state index in [1.165, 1.54) is 62.9 Å². The van der Waals surface area contributed by atoms with E-state index in [1.807, 2.05) is 0 Å². The number of rotatable bonds is 8. The zero-order valence-electron chi connectivity index (χ0n) is 17.1. The highest BCUT2D eigenvalue weighted by atomic mass is 35.5. The van der Waals surface area contributed by atoms with Crippen molar-refractivity contribution in [1.29, 1.82) is 0 Å². The maximum Gasteiger partial charge on any atom is 0.339 e. The molecule has 0 aliphatic heterocycles. The Balaban J connectivity index is 1.62. The normalized spacial score (nSPS) is 11.2. The number of ether oxygens (including phenoxy) is 2. The number of carbonyl (C=O) groups excluding carboxylic acids is 1. The summed E-state index contributed by atoms with van der Waals surface area (Å²) >= 11 is 5.78. The molecule has 0 fully saturated rings. The summed E-state index contributed by atoms with van der Waals surface area (Å²) in [6.07, 6.45) is 1.41. The number of nitrogens with zero attached hydrogens (tertiary/aromatic N) is 1. The molecule has 0 saturated heterocycles. The first-order valence-corrected chi connectivity index (χ1v) is 11.0. The molecule has 8 nitrogen and oxygen atoms in total. The molecule has 1 amide bonds. The highest BCUT2D eigenvalue weighted by molar-refractivity contribution is 7.87. The molecule has 0 heterocycles. The summed E-state index contributed by atoms with van der Waals surface area (Å²) in [7, 11) is -0.998. The van der Waals surface area contributed by atoms with Crippen LogP contribution in [0.25, 0.3) is 0 Å². The van der Waals surface area contributed by atoms with Crippen molar-refractivity contribution < 1.29 is 26.9 Å². The highest BCUT2D eigenvalue weighted by Gasteiger charge is 2.16. The standard InChI is InChI=1S/C22H19ClN2O6S/c1-29-20-12-5-16(13-21(20)30-2)22(26)25-24-14-15-3-8-18(9-4-15)31-32(27,28)19-10-6-17(23)7-11-19/h3-14H,1-2H3,(H,25,26)/b24-14+. The van der Waals surface area contributed by atoms with Crippen molar-refractivity contribution in [3.63, 3.8) is 0 Å². The van der Waals surface area contributed by atoms with E-state index in [4.69, 9.17) is 25.3 Å². The fourth-order valence-electron chi connectivity index (χ4n) is 2.59. The molecule has 1 N–H and O–H groups in total. The van der Waals surface area contributed by atoms with Crippen molar-refractivity contribution >= 4 is 33.8 Å². The molecule has 0 aliphatic rings. The summed E-state index contributed by atoms with van der Waals surface area (Å²) in [5.74, 6) is 0.629. The van der Waals surface area contributed by atoms with Gasteiger partial charge >= 0.3 is 10.1 Å². The van der Waals surface area contributed by atoms with Gasteiger partial charge in [0.1, 0.15) is 10.6 Å². The first kappa shape index (κ1) is 23.1. The third-order valence-corrected chi connectivity index (χ3v) is 5.73. The third kappa shape index (κ3) is 5.77. The molecule has 0 aromatic heterocycles. The van der Waals surface area contributed by atoms with Crippen molar-refractivity contribution in [1.82, 2.24) is 5.43 Å². The Hall–Kier alpha value is -3.56. The van der Waals surface area contributed by atoms with Gasteiger partial charge in [-0.05, 0) is 72.3 Å². The molecule has 3 aromatic rings. The minimum absolute atomic E-state index is 0.00888. The van der Waals surface area contributed by atoms with E-state index in [0.29, 0.717) is 27.6 Å². The predicted octanol–water partition coefficient (Wildman–Crippen LogP) is 3.89.